The van der Waals surface area contributed by atoms with Crippen LogP contribution in [0, 0.1) is 0 Å². The minimum atomic E-state index is 0.486. The SMILES string of the molecule is CCNc1nc(NC2CCCCC2)c(Cl)cc1Cl. The van der Waals surface area contributed by atoms with Gasteiger partial charge in [0, 0.05) is 12.6 Å². The van der Waals surface area contributed by atoms with Crippen molar-refractivity contribution in [1.29, 1.82) is 0 Å². The van der Waals surface area contributed by atoms with Crippen LogP contribution in [0.1, 0.15) is 39.0 Å². The van der Waals surface area contributed by atoms with Crippen LogP contribution in [0.4, 0.5) is 11.6 Å². The van der Waals surface area contributed by atoms with Gasteiger partial charge in [-0.1, -0.05) is 42.5 Å². The predicted molar refractivity (Wildman–Crippen MR) is 78.9 cm³/mol. The molecule has 0 atom stereocenters. The molecule has 1 aromatic heterocycles. The maximum atomic E-state index is 6.18. The van der Waals surface area contributed by atoms with Gasteiger partial charge in [-0.2, -0.15) is 0 Å². The van der Waals surface area contributed by atoms with Gasteiger partial charge in [0.05, 0.1) is 10.0 Å². The lowest BCUT2D eigenvalue weighted by molar-refractivity contribution is 0.462. The maximum absolute atomic E-state index is 6.18. The Morgan fingerprint density at radius 1 is 1.17 bits per heavy atom. The van der Waals surface area contributed by atoms with Crippen molar-refractivity contribution in [2.45, 2.75) is 45.1 Å². The van der Waals surface area contributed by atoms with Crippen LogP contribution in [-0.2, 0) is 0 Å². The van der Waals surface area contributed by atoms with Gasteiger partial charge in [-0.3, -0.25) is 0 Å². The van der Waals surface area contributed by atoms with Gasteiger partial charge in [0.1, 0.15) is 11.6 Å². The summed E-state index contributed by atoms with van der Waals surface area (Å²) in [4.78, 5) is 4.47. The molecule has 5 heteroatoms. The molecule has 0 saturated heterocycles. The summed E-state index contributed by atoms with van der Waals surface area (Å²) in [5, 5.41) is 7.73. The van der Waals surface area contributed by atoms with Crippen LogP contribution < -0.4 is 10.6 Å². The Bertz CT molecular complexity index is 403. The van der Waals surface area contributed by atoms with E-state index in [1.54, 1.807) is 6.07 Å². The summed E-state index contributed by atoms with van der Waals surface area (Å²) in [7, 11) is 0. The van der Waals surface area contributed by atoms with Gasteiger partial charge in [-0.25, -0.2) is 4.98 Å². The highest BCUT2D eigenvalue weighted by atomic mass is 35.5. The van der Waals surface area contributed by atoms with Gasteiger partial charge in [-0.05, 0) is 25.8 Å². The molecule has 1 saturated carbocycles. The van der Waals surface area contributed by atoms with Crippen LogP contribution in [0.2, 0.25) is 10.0 Å². The Kier molecular flexibility index (Phi) is 4.95. The lowest BCUT2D eigenvalue weighted by Gasteiger charge is -2.24. The van der Waals surface area contributed by atoms with Crippen molar-refractivity contribution in [1.82, 2.24) is 4.98 Å². The zero-order chi connectivity index (χ0) is 13.0. The molecule has 0 unspecified atom stereocenters. The largest absolute Gasteiger partial charge is 0.369 e. The van der Waals surface area contributed by atoms with E-state index in [0.29, 0.717) is 21.9 Å². The highest BCUT2D eigenvalue weighted by Gasteiger charge is 2.16. The molecule has 2 rings (SSSR count). The molecule has 1 fully saturated rings. The van der Waals surface area contributed by atoms with Crippen molar-refractivity contribution in [2.24, 2.45) is 0 Å². The van der Waals surface area contributed by atoms with E-state index in [1.165, 1.54) is 32.1 Å². The van der Waals surface area contributed by atoms with Crippen LogP contribution in [0.25, 0.3) is 0 Å². The van der Waals surface area contributed by atoms with Crippen LogP contribution in [0.5, 0.6) is 0 Å². The lowest BCUT2D eigenvalue weighted by Crippen LogP contribution is -2.23. The normalized spacial score (nSPS) is 16.6. The summed E-state index contributed by atoms with van der Waals surface area (Å²) >= 11 is 12.3. The van der Waals surface area contributed by atoms with Crippen molar-refractivity contribution in [3.63, 3.8) is 0 Å². The quantitative estimate of drug-likeness (QED) is 0.852. The van der Waals surface area contributed by atoms with Crippen molar-refractivity contribution in [3.05, 3.63) is 16.1 Å². The monoisotopic (exact) mass is 287 g/mol. The van der Waals surface area contributed by atoms with Crippen molar-refractivity contribution >= 4 is 34.8 Å². The van der Waals surface area contributed by atoms with Gasteiger partial charge in [-0.15, -0.1) is 0 Å². The smallest absolute Gasteiger partial charge is 0.147 e. The van der Waals surface area contributed by atoms with E-state index in [9.17, 15) is 0 Å². The van der Waals surface area contributed by atoms with Gasteiger partial charge < -0.3 is 10.6 Å². The van der Waals surface area contributed by atoms with E-state index in [4.69, 9.17) is 23.2 Å². The fourth-order valence-corrected chi connectivity index (χ4v) is 2.78. The summed E-state index contributed by atoms with van der Waals surface area (Å²) in [6.45, 7) is 2.80. The summed E-state index contributed by atoms with van der Waals surface area (Å²) in [6, 6.07) is 2.23. The zero-order valence-corrected chi connectivity index (χ0v) is 12.1. The van der Waals surface area contributed by atoms with Crippen molar-refractivity contribution < 1.29 is 0 Å². The molecule has 18 heavy (non-hydrogen) atoms. The first-order valence-electron chi connectivity index (χ1n) is 6.57. The van der Waals surface area contributed by atoms with E-state index in [0.717, 1.165) is 12.4 Å². The molecule has 0 aromatic carbocycles. The number of hydrogen-bond acceptors (Lipinski definition) is 3. The number of halogens is 2. The van der Waals surface area contributed by atoms with Crippen molar-refractivity contribution in [3.8, 4) is 0 Å². The van der Waals surface area contributed by atoms with Crippen molar-refractivity contribution in [2.75, 3.05) is 17.2 Å². The van der Waals surface area contributed by atoms with Crippen LogP contribution in [-0.4, -0.2) is 17.6 Å². The Balaban J connectivity index is 2.12. The second-order valence-corrected chi connectivity index (χ2v) is 5.47. The van der Waals surface area contributed by atoms with Crippen LogP contribution >= 0.6 is 23.2 Å². The number of hydrogen-bond donors (Lipinski definition) is 2. The van der Waals surface area contributed by atoms with E-state index in [-0.39, 0.29) is 0 Å². The molecule has 1 aromatic rings. The molecule has 0 spiro atoms. The van der Waals surface area contributed by atoms with Gasteiger partial charge >= 0.3 is 0 Å². The maximum Gasteiger partial charge on any atom is 0.147 e. The number of nitrogens with zero attached hydrogens (tertiary/aromatic N) is 1. The molecule has 0 amide bonds. The van der Waals surface area contributed by atoms with Crippen LogP contribution in [0.15, 0.2) is 6.07 Å². The molecule has 0 radical (unpaired) electrons. The number of pyridine rings is 1. The minimum Gasteiger partial charge on any atom is -0.369 e. The average molecular weight is 288 g/mol. The number of nitrogens with one attached hydrogen (secondary N) is 2. The van der Waals surface area contributed by atoms with Gasteiger partial charge in [0.25, 0.3) is 0 Å². The molecular formula is C13H19Cl2N3. The van der Waals surface area contributed by atoms with E-state index >= 15 is 0 Å². The Morgan fingerprint density at radius 3 is 2.50 bits per heavy atom. The van der Waals surface area contributed by atoms with Gasteiger partial charge in [0.15, 0.2) is 0 Å². The Labute approximate surface area is 118 Å². The molecule has 0 bridgehead atoms. The molecule has 2 N–H and O–H groups in total. The highest BCUT2D eigenvalue weighted by Crippen LogP contribution is 2.31. The molecule has 1 heterocycles. The standard InChI is InChI=1S/C13H19Cl2N3/c1-2-16-12-10(14)8-11(15)13(18-12)17-9-6-4-3-5-7-9/h8-9H,2-7H2,1H3,(H2,16,17,18). The van der Waals surface area contributed by atoms with E-state index in [2.05, 4.69) is 15.6 Å². The summed E-state index contributed by atoms with van der Waals surface area (Å²) < 4.78 is 0. The number of rotatable bonds is 4. The summed E-state index contributed by atoms with van der Waals surface area (Å²) in [5.74, 6) is 1.44. The van der Waals surface area contributed by atoms with Crippen LogP contribution in [0.3, 0.4) is 0 Å². The Morgan fingerprint density at radius 2 is 1.83 bits per heavy atom. The fraction of sp³-hybridized carbons (Fsp3) is 0.615. The van der Waals surface area contributed by atoms with Gasteiger partial charge in [0.2, 0.25) is 0 Å². The van der Waals surface area contributed by atoms with E-state index < -0.39 is 0 Å². The topological polar surface area (TPSA) is 37.0 Å². The number of aromatic nitrogens is 1. The summed E-state index contributed by atoms with van der Waals surface area (Å²) in [5.41, 5.74) is 0. The summed E-state index contributed by atoms with van der Waals surface area (Å²) in [6.07, 6.45) is 6.28. The highest BCUT2D eigenvalue weighted by molar-refractivity contribution is 6.37. The number of anilines is 2. The Hall–Kier alpha value is -0.670. The molecule has 1 aliphatic carbocycles. The van der Waals surface area contributed by atoms with E-state index in [1.807, 2.05) is 6.92 Å². The molecule has 3 nitrogen and oxygen atoms in total. The lowest BCUT2D eigenvalue weighted by atomic mass is 9.95. The average Bonchev–Trinajstić information content (AvgIpc) is 2.37. The first-order chi connectivity index (χ1) is 8.70. The third kappa shape index (κ3) is 3.42. The first-order valence-corrected chi connectivity index (χ1v) is 7.32. The first kappa shape index (κ1) is 13.8. The second kappa shape index (κ2) is 6.48. The predicted octanol–water partition coefficient (Wildman–Crippen LogP) is 4.56. The molecule has 1 aliphatic rings. The second-order valence-electron chi connectivity index (χ2n) is 4.66. The molecular weight excluding hydrogens is 269 g/mol. The molecule has 100 valence electrons. The third-order valence-electron chi connectivity index (χ3n) is 3.22. The minimum absolute atomic E-state index is 0.486. The third-order valence-corrected chi connectivity index (χ3v) is 3.80. The zero-order valence-electron chi connectivity index (χ0n) is 10.6. The fourth-order valence-electron chi connectivity index (χ4n) is 2.30. The molecule has 0 aliphatic heterocycles.